The second kappa shape index (κ2) is 6.29. The van der Waals surface area contributed by atoms with E-state index in [0.717, 1.165) is 17.4 Å². The number of hydrogen-bond acceptors (Lipinski definition) is 6. The van der Waals surface area contributed by atoms with Crippen LogP contribution in [0.15, 0.2) is 23.7 Å². The van der Waals surface area contributed by atoms with Gasteiger partial charge in [0, 0.05) is 0 Å². The summed E-state index contributed by atoms with van der Waals surface area (Å²) in [6, 6.07) is 3.99. The van der Waals surface area contributed by atoms with Crippen LogP contribution >= 0.6 is 11.3 Å². The highest BCUT2D eigenvalue weighted by Crippen LogP contribution is 2.25. The molecule has 1 fully saturated rings. The van der Waals surface area contributed by atoms with Gasteiger partial charge >= 0.3 is 6.09 Å². The zero-order chi connectivity index (χ0) is 16.4. The van der Waals surface area contributed by atoms with Gasteiger partial charge in [0.05, 0.1) is 17.8 Å². The summed E-state index contributed by atoms with van der Waals surface area (Å²) in [5.41, 5.74) is 1.68. The predicted molar refractivity (Wildman–Crippen MR) is 82.2 cm³/mol. The van der Waals surface area contributed by atoms with Crippen molar-refractivity contribution in [1.29, 1.82) is 0 Å². The molecule has 2 heterocycles. The van der Waals surface area contributed by atoms with Crippen molar-refractivity contribution in [1.82, 2.24) is 10.2 Å². The first-order valence-corrected chi connectivity index (χ1v) is 7.81. The number of benzene rings is 1. The molecule has 1 aromatic carbocycles. The predicted octanol–water partition coefficient (Wildman–Crippen LogP) is 2.66. The molecule has 1 aromatic heterocycles. The molecule has 1 atom stereocenters. The Labute approximate surface area is 135 Å². The first kappa shape index (κ1) is 15.3. The van der Waals surface area contributed by atoms with E-state index < -0.39 is 17.8 Å². The Balaban J connectivity index is 1.78. The molecule has 3 rings (SSSR count). The monoisotopic (exact) mass is 336 g/mol. The average Bonchev–Trinajstić information content (AvgIpc) is 3.16. The van der Waals surface area contributed by atoms with Gasteiger partial charge in [-0.25, -0.2) is 9.18 Å². The first-order valence-electron chi connectivity index (χ1n) is 6.93. The van der Waals surface area contributed by atoms with Gasteiger partial charge in [0.2, 0.25) is 5.13 Å². The van der Waals surface area contributed by atoms with Crippen LogP contribution in [0.3, 0.4) is 0 Å². The number of halogens is 1. The Morgan fingerprint density at radius 1 is 1.57 bits per heavy atom. The van der Waals surface area contributed by atoms with Crippen LogP contribution in [-0.4, -0.2) is 34.8 Å². The largest absolute Gasteiger partial charge is 0.444 e. The van der Waals surface area contributed by atoms with E-state index in [1.54, 1.807) is 0 Å². The van der Waals surface area contributed by atoms with Gasteiger partial charge in [-0.3, -0.25) is 15.0 Å². The SMILES string of the molecule is CCC1CN(c2ccc(C(=O)Nc3nncs3)c(F)c2)C(=O)O1. The second-order valence-corrected chi connectivity index (χ2v) is 5.72. The molecule has 1 aliphatic heterocycles. The van der Waals surface area contributed by atoms with Gasteiger partial charge in [-0.1, -0.05) is 18.3 Å². The lowest BCUT2D eigenvalue weighted by atomic mass is 10.1. The summed E-state index contributed by atoms with van der Waals surface area (Å²) in [6.45, 7) is 2.27. The summed E-state index contributed by atoms with van der Waals surface area (Å²) in [4.78, 5) is 25.1. The number of carbonyl (C=O) groups excluding carboxylic acids is 2. The van der Waals surface area contributed by atoms with E-state index in [4.69, 9.17) is 4.74 Å². The fourth-order valence-electron chi connectivity index (χ4n) is 2.19. The molecule has 23 heavy (non-hydrogen) atoms. The van der Waals surface area contributed by atoms with Crippen molar-refractivity contribution in [2.45, 2.75) is 19.4 Å². The van der Waals surface area contributed by atoms with E-state index in [-0.39, 0.29) is 16.8 Å². The van der Waals surface area contributed by atoms with Crippen molar-refractivity contribution < 1.29 is 18.7 Å². The summed E-state index contributed by atoms with van der Waals surface area (Å²) < 4.78 is 19.4. The Hall–Kier alpha value is -2.55. The molecule has 7 nitrogen and oxygen atoms in total. The minimum atomic E-state index is -0.725. The van der Waals surface area contributed by atoms with Gasteiger partial charge in [-0.15, -0.1) is 10.2 Å². The number of hydrogen-bond donors (Lipinski definition) is 1. The number of carbonyl (C=O) groups is 2. The van der Waals surface area contributed by atoms with Crippen molar-refractivity contribution in [3.05, 3.63) is 35.1 Å². The minimum absolute atomic E-state index is 0.136. The average molecular weight is 336 g/mol. The van der Waals surface area contributed by atoms with E-state index in [9.17, 15) is 14.0 Å². The number of cyclic esters (lactones) is 1. The van der Waals surface area contributed by atoms with Crippen molar-refractivity contribution >= 4 is 34.2 Å². The molecule has 1 aliphatic rings. The lowest BCUT2D eigenvalue weighted by Gasteiger charge is -2.14. The summed E-state index contributed by atoms with van der Waals surface area (Å²) in [7, 11) is 0. The van der Waals surface area contributed by atoms with Crippen LogP contribution in [0.2, 0.25) is 0 Å². The van der Waals surface area contributed by atoms with Crippen molar-refractivity contribution in [2.75, 3.05) is 16.8 Å². The molecule has 1 unspecified atom stereocenters. The third-order valence-electron chi connectivity index (χ3n) is 3.42. The summed E-state index contributed by atoms with van der Waals surface area (Å²) in [5, 5.41) is 9.99. The highest BCUT2D eigenvalue weighted by molar-refractivity contribution is 7.13. The number of aromatic nitrogens is 2. The molecule has 0 radical (unpaired) electrons. The molecular formula is C14H13FN4O3S. The van der Waals surface area contributed by atoms with Crippen molar-refractivity contribution in [2.24, 2.45) is 0 Å². The fraction of sp³-hybridized carbons (Fsp3) is 0.286. The maximum atomic E-state index is 14.2. The summed E-state index contributed by atoms with van der Waals surface area (Å²) >= 11 is 1.13. The van der Waals surface area contributed by atoms with Crippen LogP contribution in [0.4, 0.5) is 20.0 Å². The summed E-state index contributed by atoms with van der Waals surface area (Å²) in [6.07, 6.45) is -0.0270. The van der Waals surface area contributed by atoms with Gasteiger partial charge in [-0.2, -0.15) is 0 Å². The van der Waals surface area contributed by atoms with Crippen LogP contribution in [0, 0.1) is 5.82 Å². The molecule has 0 bridgehead atoms. The van der Waals surface area contributed by atoms with E-state index in [1.165, 1.54) is 22.5 Å². The molecule has 1 N–H and O–H groups in total. The van der Waals surface area contributed by atoms with Gasteiger partial charge in [-0.05, 0) is 24.6 Å². The smallest absolute Gasteiger partial charge is 0.414 e. The number of nitrogens with one attached hydrogen (secondary N) is 1. The molecule has 0 spiro atoms. The number of amides is 2. The van der Waals surface area contributed by atoms with Crippen molar-refractivity contribution in [3.8, 4) is 0 Å². The third kappa shape index (κ3) is 3.14. The quantitative estimate of drug-likeness (QED) is 0.928. The molecule has 9 heteroatoms. The molecule has 2 amide bonds. The Kier molecular flexibility index (Phi) is 4.20. The summed E-state index contributed by atoms with van der Waals surface area (Å²) in [5.74, 6) is -1.35. The Morgan fingerprint density at radius 3 is 3.00 bits per heavy atom. The van der Waals surface area contributed by atoms with Crippen LogP contribution in [0.5, 0.6) is 0 Å². The van der Waals surface area contributed by atoms with E-state index >= 15 is 0 Å². The van der Waals surface area contributed by atoms with Gasteiger partial charge < -0.3 is 4.74 Å². The number of nitrogens with zero attached hydrogens (tertiary/aromatic N) is 3. The lowest BCUT2D eigenvalue weighted by Crippen LogP contribution is -2.25. The zero-order valence-electron chi connectivity index (χ0n) is 12.2. The van der Waals surface area contributed by atoms with Crippen LogP contribution in [0.25, 0.3) is 0 Å². The van der Waals surface area contributed by atoms with Crippen LogP contribution in [-0.2, 0) is 4.74 Å². The molecule has 1 saturated heterocycles. The Bertz CT molecular complexity index is 738. The molecule has 120 valence electrons. The van der Waals surface area contributed by atoms with Crippen LogP contribution in [0.1, 0.15) is 23.7 Å². The van der Waals surface area contributed by atoms with Crippen molar-refractivity contribution in [3.63, 3.8) is 0 Å². The number of rotatable bonds is 4. The standard InChI is InChI=1S/C14H13FN4O3S/c1-2-9-6-19(14(21)22-9)8-3-4-10(11(15)5-8)12(20)17-13-18-16-7-23-13/h3-5,7,9H,2,6H2,1H3,(H,17,18,20). The highest BCUT2D eigenvalue weighted by atomic mass is 32.1. The van der Waals surface area contributed by atoms with E-state index in [1.807, 2.05) is 6.92 Å². The highest BCUT2D eigenvalue weighted by Gasteiger charge is 2.31. The third-order valence-corrected chi connectivity index (χ3v) is 4.03. The zero-order valence-corrected chi connectivity index (χ0v) is 13.0. The van der Waals surface area contributed by atoms with Gasteiger partial charge in [0.15, 0.2) is 0 Å². The molecule has 0 aliphatic carbocycles. The second-order valence-electron chi connectivity index (χ2n) is 4.89. The van der Waals surface area contributed by atoms with Gasteiger partial charge in [0.1, 0.15) is 17.4 Å². The maximum Gasteiger partial charge on any atom is 0.414 e. The number of anilines is 2. The topological polar surface area (TPSA) is 84.4 Å². The maximum absolute atomic E-state index is 14.2. The number of ether oxygens (including phenoxy) is 1. The molecule has 0 saturated carbocycles. The first-order chi connectivity index (χ1) is 11.1. The molecule has 2 aromatic rings. The van der Waals surface area contributed by atoms with E-state index in [0.29, 0.717) is 18.7 Å². The van der Waals surface area contributed by atoms with Gasteiger partial charge in [0.25, 0.3) is 5.91 Å². The van der Waals surface area contributed by atoms with Crippen LogP contribution < -0.4 is 10.2 Å². The fourth-order valence-corrected chi connectivity index (χ4v) is 2.63. The normalized spacial score (nSPS) is 17.2. The molecular weight excluding hydrogens is 323 g/mol. The van der Waals surface area contributed by atoms with E-state index in [2.05, 4.69) is 15.5 Å². The minimum Gasteiger partial charge on any atom is -0.444 e. The lowest BCUT2D eigenvalue weighted by molar-refractivity contribution is 0.102. The Morgan fingerprint density at radius 2 is 2.39 bits per heavy atom.